The van der Waals surface area contributed by atoms with Gasteiger partial charge in [-0.25, -0.2) is 0 Å². The van der Waals surface area contributed by atoms with Crippen LogP contribution >= 0.6 is 0 Å². The first-order valence-corrected chi connectivity index (χ1v) is 7.48. The molecule has 1 aromatic carbocycles. The fourth-order valence-electron chi connectivity index (χ4n) is 1.71. The predicted molar refractivity (Wildman–Crippen MR) is 81.3 cm³/mol. The van der Waals surface area contributed by atoms with Gasteiger partial charge in [0.15, 0.2) is 6.79 Å². The van der Waals surface area contributed by atoms with Crippen molar-refractivity contribution in [1.82, 2.24) is 5.32 Å². The summed E-state index contributed by atoms with van der Waals surface area (Å²) in [6.07, 6.45) is 2.11. The van der Waals surface area contributed by atoms with Gasteiger partial charge in [0.1, 0.15) is 11.5 Å². The molecule has 0 saturated carbocycles. The highest BCUT2D eigenvalue weighted by atomic mass is 16.7. The second-order valence-corrected chi connectivity index (χ2v) is 4.55. The van der Waals surface area contributed by atoms with Crippen molar-refractivity contribution in [2.75, 3.05) is 26.6 Å². The molecule has 0 aromatic heterocycles. The van der Waals surface area contributed by atoms with Crippen LogP contribution in [-0.4, -0.2) is 26.6 Å². The van der Waals surface area contributed by atoms with Crippen molar-refractivity contribution in [1.29, 1.82) is 0 Å². The van der Waals surface area contributed by atoms with Crippen molar-refractivity contribution >= 4 is 0 Å². The summed E-state index contributed by atoms with van der Waals surface area (Å²) in [6, 6.07) is 5.98. The molecule has 0 aliphatic rings. The molecular weight excluding hydrogens is 254 g/mol. The van der Waals surface area contributed by atoms with Crippen LogP contribution in [0.3, 0.4) is 0 Å². The van der Waals surface area contributed by atoms with Gasteiger partial charge in [0.05, 0.1) is 6.61 Å². The third-order valence-corrected chi connectivity index (χ3v) is 2.76. The third-order valence-electron chi connectivity index (χ3n) is 2.76. The van der Waals surface area contributed by atoms with Crippen LogP contribution in [0, 0.1) is 0 Å². The van der Waals surface area contributed by atoms with Crippen LogP contribution in [-0.2, 0) is 11.3 Å². The lowest BCUT2D eigenvalue weighted by Crippen LogP contribution is -2.15. The number of hydrogen-bond acceptors (Lipinski definition) is 4. The van der Waals surface area contributed by atoms with Crippen LogP contribution < -0.4 is 14.8 Å². The summed E-state index contributed by atoms with van der Waals surface area (Å²) in [7, 11) is 0. The van der Waals surface area contributed by atoms with E-state index in [1.165, 1.54) is 0 Å². The van der Waals surface area contributed by atoms with Gasteiger partial charge >= 0.3 is 0 Å². The van der Waals surface area contributed by atoms with Crippen LogP contribution in [0.15, 0.2) is 18.2 Å². The molecule has 0 spiro atoms. The zero-order valence-corrected chi connectivity index (χ0v) is 12.9. The highest BCUT2D eigenvalue weighted by molar-refractivity contribution is 5.40. The molecule has 0 radical (unpaired) electrons. The van der Waals surface area contributed by atoms with E-state index in [0.717, 1.165) is 49.6 Å². The van der Waals surface area contributed by atoms with Gasteiger partial charge < -0.3 is 19.5 Å². The monoisotopic (exact) mass is 281 g/mol. The normalized spacial score (nSPS) is 10.6. The highest BCUT2D eigenvalue weighted by Gasteiger charge is 2.06. The van der Waals surface area contributed by atoms with E-state index in [4.69, 9.17) is 14.2 Å². The van der Waals surface area contributed by atoms with E-state index in [0.29, 0.717) is 6.61 Å². The van der Waals surface area contributed by atoms with Crippen molar-refractivity contribution < 1.29 is 14.2 Å². The van der Waals surface area contributed by atoms with Crippen molar-refractivity contribution in [2.45, 2.75) is 40.2 Å². The van der Waals surface area contributed by atoms with Crippen LogP contribution in [0.4, 0.5) is 0 Å². The molecule has 0 heterocycles. The lowest BCUT2D eigenvalue weighted by Gasteiger charge is -2.14. The lowest BCUT2D eigenvalue weighted by molar-refractivity contribution is 0.0216. The molecule has 1 aromatic rings. The molecule has 0 amide bonds. The average Bonchev–Trinajstić information content (AvgIpc) is 2.47. The molecule has 0 aliphatic carbocycles. The highest BCUT2D eigenvalue weighted by Crippen LogP contribution is 2.25. The standard InChI is InChI=1S/C16H27NO3/c1-4-9-17-12-14-7-8-15(19-10-5-2)11-16(14)20-13-18-6-3/h7-8,11,17H,4-6,9-10,12-13H2,1-3H3. The Kier molecular flexibility index (Phi) is 8.83. The first-order valence-electron chi connectivity index (χ1n) is 7.48. The summed E-state index contributed by atoms with van der Waals surface area (Å²) in [5.74, 6) is 1.67. The van der Waals surface area contributed by atoms with E-state index < -0.39 is 0 Å². The van der Waals surface area contributed by atoms with E-state index >= 15 is 0 Å². The Morgan fingerprint density at radius 1 is 1.05 bits per heavy atom. The Morgan fingerprint density at radius 2 is 1.90 bits per heavy atom. The van der Waals surface area contributed by atoms with Crippen molar-refractivity contribution in [3.63, 3.8) is 0 Å². The molecule has 4 nitrogen and oxygen atoms in total. The minimum Gasteiger partial charge on any atom is -0.493 e. The molecule has 0 fully saturated rings. The fourth-order valence-corrected chi connectivity index (χ4v) is 1.71. The first kappa shape index (κ1) is 16.8. The number of hydrogen-bond donors (Lipinski definition) is 1. The lowest BCUT2D eigenvalue weighted by atomic mass is 10.2. The minimum atomic E-state index is 0.272. The summed E-state index contributed by atoms with van der Waals surface area (Å²) in [5, 5.41) is 3.38. The zero-order chi connectivity index (χ0) is 14.6. The average molecular weight is 281 g/mol. The predicted octanol–water partition coefficient (Wildman–Crippen LogP) is 3.35. The molecule has 4 heteroatoms. The largest absolute Gasteiger partial charge is 0.493 e. The van der Waals surface area contributed by atoms with Gasteiger partial charge in [-0.3, -0.25) is 0 Å². The van der Waals surface area contributed by atoms with E-state index in [1.54, 1.807) is 0 Å². The van der Waals surface area contributed by atoms with Gasteiger partial charge in [0.2, 0.25) is 0 Å². The van der Waals surface area contributed by atoms with E-state index in [2.05, 4.69) is 25.2 Å². The molecule has 20 heavy (non-hydrogen) atoms. The van der Waals surface area contributed by atoms with E-state index in [9.17, 15) is 0 Å². The molecule has 114 valence electrons. The molecule has 0 aliphatic heterocycles. The number of rotatable bonds is 11. The summed E-state index contributed by atoms with van der Waals surface area (Å²) in [4.78, 5) is 0. The van der Waals surface area contributed by atoms with Gasteiger partial charge in [0, 0.05) is 24.8 Å². The van der Waals surface area contributed by atoms with Gasteiger partial charge in [-0.1, -0.05) is 19.9 Å². The molecule has 0 bridgehead atoms. The second-order valence-electron chi connectivity index (χ2n) is 4.55. The Labute approximate surface area is 122 Å². The van der Waals surface area contributed by atoms with Gasteiger partial charge in [-0.15, -0.1) is 0 Å². The van der Waals surface area contributed by atoms with Crippen LogP contribution in [0.5, 0.6) is 11.5 Å². The number of nitrogens with one attached hydrogen (secondary N) is 1. The van der Waals surface area contributed by atoms with Crippen LogP contribution in [0.25, 0.3) is 0 Å². The maximum atomic E-state index is 5.69. The summed E-state index contributed by atoms with van der Waals surface area (Å²) < 4.78 is 16.6. The molecule has 0 atom stereocenters. The molecule has 1 N–H and O–H groups in total. The summed E-state index contributed by atoms with van der Waals surface area (Å²) in [6.45, 7) is 9.63. The molecular formula is C16H27NO3. The first-order chi connectivity index (χ1) is 9.81. The molecule has 1 rings (SSSR count). The van der Waals surface area contributed by atoms with E-state index in [-0.39, 0.29) is 6.79 Å². The Balaban J connectivity index is 2.68. The van der Waals surface area contributed by atoms with Crippen LogP contribution in [0.1, 0.15) is 39.2 Å². The maximum absolute atomic E-state index is 5.69. The third kappa shape index (κ3) is 6.26. The summed E-state index contributed by atoms with van der Waals surface area (Å²) >= 11 is 0. The molecule has 0 saturated heterocycles. The van der Waals surface area contributed by atoms with Crippen molar-refractivity contribution in [2.24, 2.45) is 0 Å². The zero-order valence-electron chi connectivity index (χ0n) is 12.9. The maximum Gasteiger partial charge on any atom is 0.189 e. The SMILES string of the molecule is CCCNCc1ccc(OCCC)cc1OCOCC. The fraction of sp³-hybridized carbons (Fsp3) is 0.625. The Morgan fingerprint density at radius 3 is 2.60 bits per heavy atom. The Hall–Kier alpha value is -1.26. The Bertz CT molecular complexity index is 369. The van der Waals surface area contributed by atoms with Crippen molar-refractivity contribution in [3.05, 3.63) is 23.8 Å². The topological polar surface area (TPSA) is 39.7 Å². The smallest absolute Gasteiger partial charge is 0.189 e. The second kappa shape index (κ2) is 10.5. The van der Waals surface area contributed by atoms with Crippen LogP contribution in [0.2, 0.25) is 0 Å². The quantitative estimate of drug-likeness (QED) is 0.499. The minimum absolute atomic E-state index is 0.272. The van der Waals surface area contributed by atoms with E-state index in [1.807, 2.05) is 19.1 Å². The number of benzene rings is 1. The van der Waals surface area contributed by atoms with Gasteiger partial charge in [-0.2, -0.15) is 0 Å². The summed E-state index contributed by atoms with van der Waals surface area (Å²) in [5.41, 5.74) is 1.13. The van der Waals surface area contributed by atoms with Gasteiger partial charge in [-0.05, 0) is 32.4 Å². The number of ether oxygens (including phenoxy) is 3. The van der Waals surface area contributed by atoms with Gasteiger partial charge in [0.25, 0.3) is 0 Å². The van der Waals surface area contributed by atoms with Crippen molar-refractivity contribution in [3.8, 4) is 11.5 Å². The molecule has 0 unspecified atom stereocenters.